The second-order valence-electron chi connectivity index (χ2n) is 6.41. The van der Waals surface area contributed by atoms with Crippen LogP contribution in [0.4, 0.5) is 0 Å². The summed E-state index contributed by atoms with van der Waals surface area (Å²) in [7, 11) is 2.07. The number of aromatic nitrogens is 2. The van der Waals surface area contributed by atoms with E-state index in [1.54, 1.807) is 0 Å². The highest BCUT2D eigenvalue weighted by atomic mass is 79.9. The lowest BCUT2D eigenvalue weighted by molar-refractivity contribution is 0.221. The van der Waals surface area contributed by atoms with Crippen LogP contribution in [-0.4, -0.2) is 21.9 Å². The molecule has 1 aromatic rings. The van der Waals surface area contributed by atoms with E-state index in [-0.39, 0.29) is 5.54 Å². The van der Waals surface area contributed by atoms with Gasteiger partial charge in [-0.05, 0) is 47.7 Å². The summed E-state index contributed by atoms with van der Waals surface area (Å²) in [6.45, 7) is 8.01. The van der Waals surface area contributed by atoms with Crippen molar-refractivity contribution in [2.75, 3.05) is 6.54 Å². The number of rotatable bonds is 4. The topological polar surface area (TPSA) is 29.9 Å². The number of hydrogen-bond donors (Lipinski definition) is 1. The second kappa shape index (κ2) is 6.61. The Balaban J connectivity index is 2.30. The van der Waals surface area contributed by atoms with Gasteiger partial charge in [0.05, 0.1) is 15.9 Å². The Kier molecular flexibility index (Phi) is 5.30. The molecule has 114 valence electrons. The molecule has 2 rings (SSSR count). The summed E-state index contributed by atoms with van der Waals surface area (Å²) in [4.78, 5) is 0. The molecule has 20 heavy (non-hydrogen) atoms. The van der Waals surface area contributed by atoms with Gasteiger partial charge in [0.1, 0.15) is 0 Å². The SMILES string of the molecule is CCc1nn(C)c(CC2(C(C)C)CCCCCN2)c1Br. The van der Waals surface area contributed by atoms with Crippen molar-refractivity contribution in [2.45, 2.75) is 64.8 Å². The molecule has 0 amide bonds. The lowest BCUT2D eigenvalue weighted by Gasteiger charge is -2.38. The van der Waals surface area contributed by atoms with Gasteiger partial charge in [-0.2, -0.15) is 5.10 Å². The fourth-order valence-electron chi connectivity index (χ4n) is 3.33. The van der Waals surface area contributed by atoms with Crippen molar-refractivity contribution >= 4 is 15.9 Å². The molecule has 1 aliphatic heterocycles. The Bertz CT molecular complexity index is 443. The molecule has 1 unspecified atom stereocenters. The molecule has 0 bridgehead atoms. The second-order valence-corrected chi connectivity index (χ2v) is 7.20. The van der Waals surface area contributed by atoms with Crippen molar-refractivity contribution in [3.63, 3.8) is 0 Å². The predicted molar refractivity (Wildman–Crippen MR) is 88.0 cm³/mol. The molecule has 0 aliphatic carbocycles. The lowest BCUT2D eigenvalue weighted by Crippen LogP contribution is -2.51. The number of nitrogens with zero attached hydrogens (tertiary/aromatic N) is 2. The van der Waals surface area contributed by atoms with Crippen LogP contribution in [0.1, 0.15) is 57.8 Å². The van der Waals surface area contributed by atoms with Gasteiger partial charge in [-0.15, -0.1) is 0 Å². The first-order valence-electron chi connectivity index (χ1n) is 7.95. The van der Waals surface area contributed by atoms with E-state index in [1.807, 2.05) is 0 Å². The smallest absolute Gasteiger partial charge is 0.0766 e. The molecule has 0 aromatic carbocycles. The van der Waals surface area contributed by atoms with Gasteiger partial charge in [0, 0.05) is 19.0 Å². The number of nitrogens with one attached hydrogen (secondary N) is 1. The molecule has 1 atom stereocenters. The summed E-state index contributed by atoms with van der Waals surface area (Å²) >= 11 is 3.77. The third-order valence-corrected chi connectivity index (χ3v) is 5.78. The van der Waals surface area contributed by atoms with Gasteiger partial charge in [-0.1, -0.05) is 33.6 Å². The van der Waals surface area contributed by atoms with E-state index in [4.69, 9.17) is 0 Å². The first-order chi connectivity index (χ1) is 9.50. The van der Waals surface area contributed by atoms with Crippen molar-refractivity contribution in [1.82, 2.24) is 15.1 Å². The molecule has 0 radical (unpaired) electrons. The van der Waals surface area contributed by atoms with Crippen LogP contribution in [0.3, 0.4) is 0 Å². The van der Waals surface area contributed by atoms with E-state index in [1.165, 1.54) is 41.5 Å². The third-order valence-electron chi connectivity index (χ3n) is 4.87. The van der Waals surface area contributed by atoms with Crippen molar-refractivity contribution in [3.05, 3.63) is 15.9 Å². The van der Waals surface area contributed by atoms with Crippen LogP contribution in [0.15, 0.2) is 4.47 Å². The molecule has 1 fully saturated rings. The summed E-state index contributed by atoms with van der Waals surface area (Å²) in [5, 5.41) is 8.51. The van der Waals surface area contributed by atoms with Crippen molar-refractivity contribution < 1.29 is 0 Å². The van der Waals surface area contributed by atoms with Crippen LogP contribution < -0.4 is 5.32 Å². The van der Waals surface area contributed by atoms with Gasteiger partial charge in [0.25, 0.3) is 0 Å². The average Bonchev–Trinajstić information content (AvgIpc) is 2.62. The van der Waals surface area contributed by atoms with Gasteiger partial charge < -0.3 is 5.32 Å². The van der Waals surface area contributed by atoms with Crippen LogP contribution in [0.2, 0.25) is 0 Å². The Morgan fingerprint density at radius 1 is 1.35 bits per heavy atom. The maximum absolute atomic E-state index is 4.65. The molecule has 1 N–H and O–H groups in total. The van der Waals surface area contributed by atoms with Crippen molar-refractivity contribution in [3.8, 4) is 0 Å². The number of hydrogen-bond acceptors (Lipinski definition) is 2. The van der Waals surface area contributed by atoms with Crippen LogP contribution >= 0.6 is 15.9 Å². The van der Waals surface area contributed by atoms with Crippen molar-refractivity contribution in [1.29, 1.82) is 0 Å². The minimum atomic E-state index is 0.220. The molecule has 1 aliphatic rings. The summed E-state index contributed by atoms with van der Waals surface area (Å²) < 4.78 is 3.29. The predicted octanol–water partition coefficient (Wildman–Crippen LogP) is 3.85. The maximum Gasteiger partial charge on any atom is 0.0766 e. The Morgan fingerprint density at radius 2 is 2.10 bits per heavy atom. The van der Waals surface area contributed by atoms with Crippen LogP contribution in [0.25, 0.3) is 0 Å². The van der Waals surface area contributed by atoms with E-state index < -0.39 is 0 Å². The van der Waals surface area contributed by atoms with Gasteiger partial charge in [0.2, 0.25) is 0 Å². The van der Waals surface area contributed by atoms with E-state index in [2.05, 4.69) is 58.8 Å². The van der Waals surface area contributed by atoms with Crippen LogP contribution in [0, 0.1) is 5.92 Å². The number of halogens is 1. The van der Waals surface area contributed by atoms with E-state index >= 15 is 0 Å². The first kappa shape index (κ1) is 16.0. The normalized spacial score (nSPS) is 24.1. The van der Waals surface area contributed by atoms with Gasteiger partial charge in [0.15, 0.2) is 0 Å². The lowest BCUT2D eigenvalue weighted by atomic mass is 9.78. The Labute approximate surface area is 131 Å². The molecular formula is C16H28BrN3. The fourth-order valence-corrected chi connectivity index (χ4v) is 4.08. The fraction of sp³-hybridized carbons (Fsp3) is 0.812. The van der Waals surface area contributed by atoms with Crippen molar-refractivity contribution in [2.24, 2.45) is 13.0 Å². The zero-order valence-electron chi connectivity index (χ0n) is 13.3. The monoisotopic (exact) mass is 341 g/mol. The Hall–Kier alpha value is -0.350. The maximum atomic E-state index is 4.65. The third kappa shape index (κ3) is 3.11. The van der Waals surface area contributed by atoms with Gasteiger partial charge in [-0.25, -0.2) is 0 Å². The minimum absolute atomic E-state index is 0.220. The molecule has 2 heterocycles. The first-order valence-corrected chi connectivity index (χ1v) is 8.74. The highest BCUT2D eigenvalue weighted by molar-refractivity contribution is 9.10. The summed E-state index contributed by atoms with van der Waals surface area (Å²) in [6, 6.07) is 0. The highest BCUT2D eigenvalue weighted by Gasteiger charge is 2.35. The molecular weight excluding hydrogens is 314 g/mol. The highest BCUT2D eigenvalue weighted by Crippen LogP contribution is 2.33. The molecule has 0 spiro atoms. The molecule has 0 saturated carbocycles. The molecule has 1 saturated heterocycles. The standard InChI is InChI=1S/C16H28BrN3/c1-5-13-15(17)14(20(4)19-13)11-16(12(2)3)9-7-6-8-10-18-16/h12,18H,5-11H2,1-4H3. The van der Waals surface area contributed by atoms with E-state index in [0.29, 0.717) is 5.92 Å². The van der Waals surface area contributed by atoms with Gasteiger partial charge >= 0.3 is 0 Å². The zero-order valence-corrected chi connectivity index (χ0v) is 14.9. The zero-order chi connectivity index (χ0) is 14.8. The Morgan fingerprint density at radius 3 is 2.70 bits per heavy atom. The summed E-state index contributed by atoms with van der Waals surface area (Å²) in [5.74, 6) is 0.632. The summed E-state index contributed by atoms with van der Waals surface area (Å²) in [5.41, 5.74) is 2.73. The van der Waals surface area contributed by atoms with E-state index in [0.717, 1.165) is 19.4 Å². The summed E-state index contributed by atoms with van der Waals surface area (Å²) in [6.07, 6.45) is 7.31. The largest absolute Gasteiger partial charge is 0.311 e. The van der Waals surface area contributed by atoms with E-state index in [9.17, 15) is 0 Å². The molecule has 3 nitrogen and oxygen atoms in total. The molecule has 1 aromatic heterocycles. The number of aryl methyl sites for hydroxylation is 2. The quantitative estimate of drug-likeness (QED) is 0.901. The minimum Gasteiger partial charge on any atom is -0.311 e. The molecule has 4 heteroatoms. The van der Waals surface area contributed by atoms with Crippen LogP contribution in [-0.2, 0) is 19.9 Å². The van der Waals surface area contributed by atoms with Crippen LogP contribution in [0.5, 0.6) is 0 Å². The van der Waals surface area contributed by atoms with Gasteiger partial charge in [-0.3, -0.25) is 4.68 Å². The average molecular weight is 342 g/mol.